The van der Waals surface area contributed by atoms with Crippen molar-refractivity contribution in [3.63, 3.8) is 0 Å². The molecule has 0 aliphatic carbocycles. The Bertz CT molecular complexity index is 1400. The second kappa shape index (κ2) is 12.0. The van der Waals surface area contributed by atoms with E-state index in [9.17, 15) is 28.2 Å². The van der Waals surface area contributed by atoms with Crippen LogP contribution in [0, 0.1) is 34.7 Å². The molecule has 0 saturated carbocycles. The number of aliphatic hydroxyl groups excluding tert-OH is 1. The molecule has 1 atom stereocenters. The first-order valence-corrected chi connectivity index (χ1v) is 12.6. The zero-order valence-electron chi connectivity index (χ0n) is 21.5. The van der Waals surface area contributed by atoms with Crippen LogP contribution in [-0.4, -0.2) is 52.8 Å². The van der Waals surface area contributed by atoms with Crippen molar-refractivity contribution in [1.82, 2.24) is 9.88 Å². The van der Waals surface area contributed by atoms with Gasteiger partial charge >= 0.3 is 5.97 Å². The normalized spacial score (nSPS) is 15.9. The first-order valence-electron chi connectivity index (χ1n) is 12.6. The number of nitrogens with zero attached hydrogens (tertiary/aromatic N) is 2. The first-order chi connectivity index (χ1) is 18.7. The predicted octanol–water partition coefficient (Wildman–Crippen LogP) is 4.15. The number of benzene rings is 2. The van der Waals surface area contributed by atoms with E-state index >= 15 is 0 Å². The fourth-order valence-electron chi connectivity index (χ4n) is 5.09. The van der Waals surface area contributed by atoms with Crippen LogP contribution < -0.4 is 10.5 Å². The quantitative estimate of drug-likeness (QED) is 0.368. The van der Waals surface area contributed by atoms with Crippen molar-refractivity contribution in [1.29, 1.82) is 0 Å². The van der Waals surface area contributed by atoms with Crippen molar-refractivity contribution < 1.29 is 32.9 Å². The highest BCUT2D eigenvalue weighted by molar-refractivity contribution is 5.85. The van der Waals surface area contributed by atoms with Crippen molar-refractivity contribution in [3.05, 3.63) is 70.7 Å². The molecule has 2 aromatic carbocycles. The van der Waals surface area contributed by atoms with Crippen LogP contribution in [0.1, 0.15) is 48.5 Å². The smallest absolute Gasteiger partial charge is 0.309 e. The van der Waals surface area contributed by atoms with Crippen molar-refractivity contribution >= 4 is 16.9 Å². The van der Waals surface area contributed by atoms with Crippen LogP contribution in [0.4, 0.5) is 13.2 Å². The number of ether oxygens (including phenoxy) is 1. The SMILES string of the molecule is COc1ccc2ncc(CN)c([C@H](O)CCC3(C(=O)O)CCN(CC#Cc4c(F)cc(F)cc4F)CC3)c2c1. The average molecular weight is 542 g/mol. The van der Waals surface area contributed by atoms with Crippen LogP contribution in [0.5, 0.6) is 5.75 Å². The highest BCUT2D eigenvalue weighted by Gasteiger charge is 2.41. The zero-order chi connectivity index (χ0) is 28.2. The van der Waals surface area contributed by atoms with Crippen LogP contribution >= 0.6 is 0 Å². The van der Waals surface area contributed by atoms with E-state index < -0.39 is 40.5 Å². The molecule has 0 spiro atoms. The van der Waals surface area contributed by atoms with E-state index in [0.29, 0.717) is 65.8 Å². The number of pyridine rings is 1. The molecule has 1 fully saturated rings. The van der Waals surface area contributed by atoms with Crippen LogP contribution in [-0.2, 0) is 11.3 Å². The molecule has 1 aliphatic rings. The van der Waals surface area contributed by atoms with Crippen molar-refractivity contribution in [3.8, 4) is 17.6 Å². The molecule has 39 heavy (non-hydrogen) atoms. The summed E-state index contributed by atoms with van der Waals surface area (Å²) in [7, 11) is 1.55. The van der Waals surface area contributed by atoms with Gasteiger partial charge in [0.2, 0.25) is 0 Å². The number of piperidine rings is 1. The molecular formula is C29H30F3N3O4. The van der Waals surface area contributed by atoms with Gasteiger partial charge in [0.25, 0.3) is 0 Å². The highest BCUT2D eigenvalue weighted by atomic mass is 19.1. The van der Waals surface area contributed by atoms with Gasteiger partial charge in [0.1, 0.15) is 23.2 Å². The van der Waals surface area contributed by atoms with E-state index in [2.05, 4.69) is 16.8 Å². The minimum absolute atomic E-state index is 0.165. The standard InChI is InChI=1S/C29H30F3N3O4/c1-39-20-4-5-25-22(15-20)27(18(16-33)17-34-25)26(36)6-7-29(28(37)38)8-11-35(12-9-29)10-2-3-21-23(31)13-19(30)14-24(21)32/h4-5,13-15,17,26,36H,6-12,16,33H2,1H3,(H,37,38)/t26-/m1/s1. The van der Waals surface area contributed by atoms with E-state index in [1.165, 1.54) is 0 Å². The molecule has 0 amide bonds. The van der Waals surface area contributed by atoms with Gasteiger partial charge in [-0.3, -0.25) is 14.7 Å². The summed E-state index contributed by atoms with van der Waals surface area (Å²) in [5, 5.41) is 22.1. The maximum atomic E-state index is 13.8. The van der Waals surface area contributed by atoms with E-state index in [0.717, 1.165) is 0 Å². The summed E-state index contributed by atoms with van der Waals surface area (Å²) < 4.78 is 46.0. The van der Waals surface area contributed by atoms with Gasteiger partial charge in [0.05, 0.1) is 36.3 Å². The lowest BCUT2D eigenvalue weighted by Gasteiger charge is -2.38. The Labute approximate surface area is 224 Å². The fourth-order valence-corrected chi connectivity index (χ4v) is 5.09. The summed E-state index contributed by atoms with van der Waals surface area (Å²) in [6, 6.07) is 6.51. The van der Waals surface area contributed by atoms with Gasteiger partial charge in [-0.15, -0.1) is 0 Å². The summed E-state index contributed by atoms with van der Waals surface area (Å²) >= 11 is 0. The maximum absolute atomic E-state index is 13.8. The van der Waals surface area contributed by atoms with Crippen molar-refractivity contribution in [2.75, 3.05) is 26.7 Å². The molecule has 4 rings (SSSR count). The average Bonchev–Trinajstić information content (AvgIpc) is 2.92. The van der Waals surface area contributed by atoms with Gasteiger partial charge in [0.15, 0.2) is 0 Å². The molecule has 3 aromatic rings. The Morgan fingerprint density at radius 3 is 2.51 bits per heavy atom. The Hall–Kier alpha value is -3.65. The number of carboxylic acids is 1. The molecule has 1 aromatic heterocycles. The minimum atomic E-state index is -1.07. The van der Waals surface area contributed by atoms with Gasteiger partial charge in [-0.1, -0.05) is 11.8 Å². The van der Waals surface area contributed by atoms with Gasteiger partial charge in [0, 0.05) is 43.4 Å². The van der Waals surface area contributed by atoms with E-state index in [-0.39, 0.29) is 25.9 Å². The molecule has 10 heteroatoms. The van der Waals surface area contributed by atoms with Crippen molar-refractivity contribution in [2.45, 2.75) is 38.3 Å². The number of hydrogen-bond acceptors (Lipinski definition) is 6. The number of rotatable bonds is 8. The van der Waals surface area contributed by atoms with Crippen LogP contribution in [0.15, 0.2) is 36.5 Å². The number of carboxylic acid groups (broad SMARTS) is 1. The van der Waals surface area contributed by atoms with Gasteiger partial charge in [-0.2, -0.15) is 0 Å². The number of hydrogen-bond donors (Lipinski definition) is 3. The number of aliphatic carboxylic acids is 1. The monoisotopic (exact) mass is 541 g/mol. The number of likely N-dealkylation sites (tertiary alicyclic amines) is 1. The number of nitrogens with two attached hydrogens (primary N) is 1. The number of fused-ring (bicyclic) bond motifs is 1. The fraction of sp³-hybridized carbons (Fsp3) is 0.379. The van der Waals surface area contributed by atoms with E-state index in [1.54, 1.807) is 31.5 Å². The van der Waals surface area contributed by atoms with Crippen LogP contribution in [0.2, 0.25) is 0 Å². The Morgan fingerprint density at radius 2 is 1.90 bits per heavy atom. The van der Waals surface area contributed by atoms with E-state index in [4.69, 9.17) is 10.5 Å². The minimum Gasteiger partial charge on any atom is -0.497 e. The van der Waals surface area contributed by atoms with Gasteiger partial charge in [-0.25, -0.2) is 13.2 Å². The molecule has 4 N–H and O–H groups in total. The third kappa shape index (κ3) is 6.17. The lowest BCUT2D eigenvalue weighted by atomic mass is 9.74. The molecule has 2 heterocycles. The second-order valence-corrected chi connectivity index (χ2v) is 9.75. The molecule has 1 aliphatic heterocycles. The molecule has 7 nitrogen and oxygen atoms in total. The molecule has 0 unspecified atom stereocenters. The maximum Gasteiger partial charge on any atom is 0.309 e. The lowest BCUT2D eigenvalue weighted by molar-refractivity contribution is -0.153. The molecule has 0 bridgehead atoms. The second-order valence-electron chi connectivity index (χ2n) is 9.75. The van der Waals surface area contributed by atoms with Crippen LogP contribution in [0.3, 0.4) is 0 Å². The Balaban J connectivity index is 1.44. The first kappa shape index (κ1) is 28.4. The summed E-state index contributed by atoms with van der Waals surface area (Å²) in [5.74, 6) is 1.62. The lowest BCUT2D eigenvalue weighted by Crippen LogP contribution is -2.44. The van der Waals surface area contributed by atoms with Crippen LogP contribution in [0.25, 0.3) is 10.9 Å². The Kier molecular flexibility index (Phi) is 8.75. The number of aliphatic hydroxyl groups is 1. The number of halogens is 3. The number of methoxy groups -OCH3 is 1. The third-order valence-electron chi connectivity index (χ3n) is 7.44. The summed E-state index contributed by atoms with van der Waals surface area (Å²) in [4.78, 5) is 18.7. The van der Waals surface area contributed by atoms with Gasteiger partial charge < -0.3 is 20.7 Å². The molecule has 1 saturated heterocycles. The van der Waals surface area contributed by atoms with E-state index in [1.807, 2.05) is 4.90 Å². The predicted molar refractivity (Wildman–Crippen MR) is 139 cm³/mol. The topological polar surface area (TPSA) is 109 Å². The number of carbonyl (C=O) groups is 1. The number of aromatic nitrogens is 1. The summed E-state index contributed by atoms with van der Waals surface area (Å²) in [5.41, 5.74) is 6.36. The third-order valence-corrected chi connectivity index (χ3v) is 7.44. The molecule has 206 valence electrons. The highest BCUT2D eigenvalue weighted by Crippen LogP contribution is 2.40. The zero-order valence-corrected chi connectivity index (χ0v) is 21.5. The Morgan fingerprint density at radius 1 is 1.21 bits per heavy atom. The molecular weight excluding hydrogens is 511 g/mol. The summed E-state index contributed by atoms with van der Waals surface area (Å²) in [6.45, 7) is 1.17. The summed E-state index contributed by atoms with van der Waals surface area (Å²) in [6.07, 6.45) is 1.77. The molecule has 0 radical (unpaired) electrons. The van der Waals surface area contributed by atoms with Crippen molar-refractivity contribution in [2.24, 2.45) is 11.1 Å². The largest absolute Gasteiger partial charge is 0.497 e. The van der Waals surface area contributed by atoms with Gasteiger partial charge in [-0.05, 0) is 55.0 Å².